The summed E-state index contributed by atoms with van der Waals surface area (Å²) in [5, 5.41) is 0. The van der Waals surface area contributed by atoms with Gasteiger partial charge in [-0.1, -0.05) is 19.4 Å². The lowest BCUT2D eigenvalue weighted by molar-refractivity contribution is 0.508. The second-order valence-electron chi connectivity index (χ2n) is 6.85. The minimum Gasteiger partial charge on any atom is -0.207 e. The lowest BCUT2D eigenvalue weighted by Gasteiger charge is -2.11. The molecule has 0 atom stereocenters. The minimum absolute atomic E-state index is 0.00681. The zero-order valence-corrected chi connectivity index (χ0v) is 15.6. The van der Waals surface area contributed by atoms with Crippen molar-refractivity contribution in [3.8, 4) is 11.1 Å². The van der Waals surface area contributed by atoms with Crippen LogP contribution in [0.1, 0.15) is 30.0 Å². The van der Waals surface area contributed by atoms with E-state index in [1.165, 1.54) is 12.1 Å². The van der Waals surface area contributed by atoms with Gasteiger partial charge in [-0.05, 0) is 72.4 Å². The standard InChI is InChI=1S/C23H18F6/c1-2-3-13-8-18(25)16(19(26)9-13)6-4-14-10-21(28)23(22(29)11-14)15-5-7-17(24)20(27)12-15/h5,7-12H,2-4,6H2,1H3. The van der Waals surface area contributed by atoms with Crippen LogP contribution in [0.15, 0.2) is 42.5 Å². The van der Waals surface area contributed by atoms with Crippen LogP contribution in [0.2, 0.25) is 0 Å². The topological polar surface area (TPSA) is 0 Å². The van der Waals surface area contributed by atoms with Gasteiger partial charge in [-0.2, -0.15) is 0 Å². The Labute approximate surface area is 164 Å². The molecule has 0 amide bonds. The minimum atomic E-state index is -1.22. The van der Waals surface area contributed by atoms with E-state index in [1.807, 2.05) is 6.92 Å². The van der Waals surface area contributed by atoms with E-state index < -0.39 is 40.5 Å². The number of aryl methyl sites for hydroxylation is 2. The molecule has 0 unspecified atom stereocenters. The third-order valence-corrected chi connectivity index (χ3v) is 4.71. The second-order valence-corrected chi connectivity index (χ2v) is 6.85. The molecule has 0 fully saturated rings. The van der Waals surface area contributed by atoms with Gasteiger partial charge >= 0.3 is 0 Å². The Balaban J connectivity index is 1.84. The fourth-order valence-corrected chi connectivity index (χ4v) is 3.29. The van der Waals surface area contributed by atoms with E-state index in [4.69, 9.17) is 0 Å². The van der Waals surface area contributed by atoms with E-state index in [1.54, 1.807) is 0 Å². The third-order valence-electron chi connectivity index (χ3n) is 4.71. The van der Waals surface area contributed by atoms with Crippen LogP contribution in [0, 0.1) is 34.9 Å². The van der Waals surface area contributed by atoms with E-state index >= 15 is 0 Å². The summed E-state index contributed by atoms with van der Waals surface area (Å²) in [6.45, 7) is 1.90. The second kappa shape index (κ2) is 8.72. The number of hydrogen-bond donors (Lipinski definition) is 0. The fourth-order valence-electron chi connectivity index (χ4n) is 3.29. The molecule has 0 aromatic heterocycles. The molecule has 0 bridgehead atoms. The molecule has 0 radical (unpaired) electrons. The summed E-state index contributed by atoms with van der Waals surface area (Å²) in [6, 6.07) is 7.17. The lowest BCUT2D eigenvalue weighted by Crippen LogP contribution is -2.02. The first-order valence-electron chi connectivity index (χ1n) is 9.20. The predicted molar refractivity (Wildman–Crippen MR) is 99.5 cm³/mol. The van der Waals surface area contributed by atoms with Crippen LogP contribution in [0.4, 0.5) is 26.3 Å². The number of halogens is 6. The monoisotopic (exact) mass is 408 g/mol. The average molecular weight is 408 g/mol. The molecule has 29 heavy (non-hydrogen) atoms. The molecule has 152 valence electrons. The van der Waals surface area contributed by atoms with E-state index in [0.717, 1.165) is 30.7 Å². The first kappa shape index (κ1) is 21.0. The summed E-state index contributed by atoms with van der Waals surface area (Å²) in [5.41, 5.74) is -0.0275. The van der Waals surface area contributed by atoms with Crippen LogP contribution in [0.25, 0.3) is 11.1 Å². The van der Waals surface area contributed by atoms with Crippen LogP contribution in [0.5, 0.6) is 0 Å². The highest BCUT2D eigenvalue weighted by Crippen LogP contribution is 2.29. The van der Waals surface area contributed by atoms with Gasteiger partial charge < -0.3 is 0 Å². The highest BCUT2D eigenvalue weighted by molar-refractivity contribution is 5.65. The summed E-state index contributed by atoms with van der Waals surface area (Å²) in [4.78, 5) is 0. The number of hydrogen-bond acceptors (Lipinski definition) is 0. The van der Waals surface area contributed by atoms with Gasteiger partial charge in [-0.3, -0.25) is 0 Å². The fraction of sp³-hybridized carbons (Fsp3) is 0.217. The van der Waals surface area contributed by atoms with Gasteiger partial charge in [-0.25, -0.2) is 26.3 Å². The Hall–Kier alpha value is -2.76. The maximum absolute atomic E-state index is 14.4. The zero-order valence-electron chi connectivity index (χ0n) is 15.6. The molecule has 3 aromatic rings. The largest absolute Gasteiger partial charge is 0.207 e. The summed E-state index contributed by atoms with van der Waals surface area (Å²) < 4.78 is 83.7. The molecule has 0 aliphatic rings. The Kier molecular flexibility index (Phi) is 6.30. The molecule has 0 heterocycles. The van der Waals surface area contributed by atoms with Crippen molar-refractivity contribution in [3.05, 3.63) is 94.1 Å². The van der Waals surface area contributed by atoms with E-state index in [2.05, 4.69) is 0 Å². The summed E-state index contributed by atoms with van der Waals surface area (Å²) in [6.07, 6.45) is 1.23. The molecule has 6 heteroatoms. The average Bonchev–Trinajstić information content (AvgIpc) is 2.63. The molecule has 0 spiro atoms. The Morgan fingerprint density at radius 2 is 1.10 bits per heavy atom. The molecule has 3 aromatic carbocycles. The summed E-state index contributed by atoms with van der Waals surface area (Å²) in [5.74, 6) is -5.65. The maximum atomic E-state index is 14.4. The van der Waals surface area contributed by atoms with E-state index in [0.29, 0.717) is 18.1 Å². The van der Waals surface area contributed by atoms with Crippen molar-refractivity contribution in [2.45, 2.75) is 32.6 Å². The van der Waals surface area contributed by atoms with Gasteiger partial charge in [0.1, 0.15) is 23.3 Å². The molecule has 0 saturated carbocycles. The smallest absolute Gasteiger partial charge is 0.159 e. The molecular weight excluding hydrogens is 390 g/mol. The number of benzene rings is 3. The zero-order chi connectivity index (χ0) is 21.1. The maximum Gasteiger partial charge on any atom is 0.159 e. The van der Waals surface area contributed by atoms with Crippen LogP contribution >= 0.6 is 0 Å². The van der Waals surface area contributed by atoms with Gasteiger partial charge in [0.15, 0.2) is 11.6 Å². The van der Waals surface area contributed by atoms with Gasteiger partial charge in [-0.15, -0.1) is 0 Å². The lowest BCUT2D eigenvalue weighted by atomic mass is 9.97. The van der Waals surface area contributed by atoms with E-state index in [-0.39, 0.29) is 29.5 Å². The van der Waals surface area contributed by atoms with Gasteiger partial charge in [0.05, 0.1) is 5.56 Å². The molecule has 0 saturated heterocycles. The highest BCUT2D eigenvalue weighted by Gasteiger charge is 2.17. The SMILES string of the molecule is CCCc1cc(F)c(CCc2cc(F)c(-c3ccc(F)c(F)c3)c(F)c2)c(F)c1. The van der Waals surface area contributed by atoms with Gasteiger partial charge in [0.2, 0.25) is 0 Å². The third kappa shape index (κ3) is 4.63. The molecular formula is C23H18F6. The van der Waals surface area contributed by atoms with Crippen molar-refractivity contribution < 1.29 is 26.3 Å². The molecule has 3 rings (SSSR count). The molecule has 0 aliphatic heterocycles. The van der Waals surface area contributed by atoms with Crippen molar-refractivity contribution in [2.24, 2.45) is 0 Å². The normalized spacial score (nSPS) is 11.1. The molecule has 0 nitrogen and oxygen atoms in total. The highest BCUT2D eigenvalue weighted by atomic mass is 19.2. The Morgan fingerprint density at radius 3 is 1.66 bits per heavy atom. The van der Waals surface area contributed by atoms with Gasteiger partial charge in [0.25, 0.3) is 0 Å². The number of rotatable bonds is 6. The Morgan fingerprint density at radius 1 is 0.552 bits per heavy atom. The van der Waals surface area contributed by atoms with Crippen molar-refractivity contribution in [1.82, 2.24) is 0 Å². The van der Waals surface area contributed by atoms with Crippen molar-refractivity contribution in [1.29, 1.82) is 0 Å². The molecule has 0 aliphatic carbocycles. The quantitative estimate of drug-likeness (QED) is 0.388. The van der Waals surface area contributed by atoms with Crippen LogP contribution < -0.4 is 0 Å². The summed E-state index contributed by atoms with van der Waals surface area (Å²) >= 11 is 0. The van der Waals surface area contributed by atoms with Crippen LogP contribution in [-0.4, -0.2) is 0 Å². The van der Waals surface area contributed by atoms with Crippen molar-refractivity contribution in [3.63, 3.8) is 0 Å². The predicted octanol–water partition coefficient (Wildman–Crippen LogP) is 6.93. The van der Waals surface area contributed by atoms with Gasteiger partial charge in [0, 0.05) is 5.56 Å². The van der Waals surface area contributed by atoms with Crippen LogP contribution in [-0.2, 0) is 19.3 Å². The van der Waals surface area contributed by atoms with Crippen LogP contribution in [0.3, 0.4) is 0 Å². The first-order valence-corrected chi connectivity index (χ1v) is 9.20. The first-order chi connectivity index (χ1) is 13.8. The molecule has 0 N–H and O–H groups in total. The summed E-state index contributed by atoms with van der Waals surface area (Å²) in [7, 11) is 0. The Bertz CT molecular complexity index is 996. The van der Waals surface area contributed by atoms with E-state index in [9.17, 15) is 26.3 Å². The van der Waals surface area contributed by atoms with Crippen molar-refractivity contribution in [2.75, 3.05) is 0 Å². The van der Waals surface area contributed by atoms with Crippen molar-refractivity contribution >= 4 is 0 Å².